The van der Waals surface area contributed by atoms with Gasteiger partial charge in [-0.1, -0.05) is 42.2 Å². The first-order chi connectivity index (χ1) is 9.88. The molecule has 0 atom stereocenters. The molecule has 0 N–H and O–H groups in total. The standard InChI is InChI=1S/C18H13NO/c20-14-16-9-4-10-18-17(16)11-13-19(18)12-5-8-15-6-2-1-3-7-15/h1-4,6-7,9-11,13-14H,12H2. The summed E-state index contributed by atoms with van der Waals surface area (Å²) in [4.78, 5) is 11.0. The third-order valence-electron chi connectivity index (χ3n) is 3.23. The summed E-state index contributed by atoms with van der Waals surface area (Å²) in [6.07, 6.45) is 2.86. The van der Waals surface area contributed by atoms with Gasteiger partial charge >= 0.3 is 0 Å². The second-order valence-corrected chi connectivity index (χ2v) is 4.51. The van der Waals surface area contributed by atoms with Gasteiger partial charge in [-0.05, 0) is 24.3 Å². The highest BCUT2D eigenvalue weighted by Gasteiger charge is 2.03. The summed E-state index contributed by atoms with van der Waals surface area (Å²) < 4.78 is 2.05. The Morgan fingerprint density at radius 2 is 1.85 bits per heavy atom. The van der Waals surface area contributed by atoms with Crippen LogP contribution in [-0.4, -0.2) is 10.9 Å². The lowest BCUT2D eigenvalue weighted by Gasteiger charge is -2.00. The van der Waals surface area contributed by atoms with Gasteiger partial charge in [-0.2, -0.15) is 0 Å². The number of hydrogen-bond donors (Lipinski definition) is 0. The van der Waals surface area contributed by atoms with Gasteiger partial charge in [0.1, 0.15) is 0 Å². The number of carbonyl (C=O) groups excluding carboxylic acids is 1. The summed E-state index contributed by atoms with van der Waals surface area (Å²) in [5, 5.41) is 0.976. The fourth-order valence-corrected chi connectivity index (χ4v) is 2.24. The summed E-state index contributed by atoms with van der Waals surface area (Å²) >= 11 is 0. The van der Waals surface area contributed by atoms with Crippen LogP contribution in [0.15, 0.2) is 60.8 Å². The zero-order chi connectivity index (χ0) is 13.8. The SMILES string of the molecule is O=Cc1cccc2c1ccn2CC#Cc1ccccc1. The lowest BCUT2D eigenvalue weighted by atomic mass is 10.1. The lowest BCUT2D eigenvalue weighted by Crippen LogP contribution is -1.93. The van der Waals surface area contributed by atoms with E-state index < -0.39 is 0 Å². The molecule has 0 radical (unpaired) electrons. The molecule has 3 aromatic rings. The van der Waals surface area contributed by atoms with Gasteiger partial charge in [-0.25, -0.2) is 0 Å². The van der Waals surface area contributed by atoms with Crippen molar-refractivity contribution in [3.8, 4) is 11.8 Å². The van der Waals surface area contributed by atoms with Crippen LogP contribution in [0.5, 0.6) is 0 Å². The molecule has 0 aliphatic heterocycles. The van der Waals surface area contributed by atoms with Crippen molar-refractivity contribution in [1.29, 1.82) is 0 Å². The molecule has 2 aromatic carbocycles. The third-order valence-corrected chi connectivity index (χ3v) is 3.23. The Balaban J connectivity index is 1.89. The average molecular weight is 259 g/mol. The Labute approximate surface area is 117 Å². The highest BCUT2D eigenvalue weighted by Crippen LogP contribution is 2.18. The summed E-state index contributed by atoms with van der Waals surface area (Å²) in [5.74, 6) is 6.29. The minimum absolute atomic E-state index is 0.612. The fraction of sp³-hybridized carbons (Fsp3) is 0.0556. The number of rotatable bonds is 2. The minimum atomic E-state index is 0.612. The second-order valence-electron chi connectivity index (χ2n) is 4.51. The maximum atomic E-state index is 11.0. The Hall–Kier alpha value is -2.79. The van der Waals surface area contributed by atoms with Crippen molar-refractivity contribution in [2.45, 2.75) is 6.54 Å². The summed E-state index contributed by atoms with van der Waals surface area (Å²) in [7, 11) is 0. The smallest absolute Gasteiger partial charge is 0.150 e. The molecule has 0 saturated carbocycles. The van der Waals surface area contributed by atoms with Crippen LogP contribution in [0.25, 0.3) is 10.9 Å². The van der Waals surface area contributed by atoms with Gasteiger partial charge in [0, 0.05) is 28.2 Å². The van der Waals surface area contributed by atoms with E-state index in [9.17, 15) is 4.79 Å². The third kappa shape index (κ3) is 2.34. The number of carbonyl (C=O) groups is 1. The van der Waals surface area contributed by atoms with Crippen LogP contribution >= 0.6 is 0 Å². The van der Waals surface area contributed by atoms with Crippen LogP contribution in [0.1, 0.15) is 15.9 Å². The van der Waals surface area contributed by atoms with Crippen molar-refractivity contribution in [1.82, 2.24) is 4.57 Å². The molecule has 2 heteroatoms. The predicted octanol–water partition coefficient (Wildman–Crippen LogP) is 3.51. The van der Waals surface area contributed by atoms with Crippen LogP contribution in [0, 0.1) is 11.8 Å². The Morgan fingerprint density at radius 1 is 1.00 bits per heavy atom. The normalized spacial score (nSPS) is 10.0. The molecular formula is C18H13NO. The van der Waals surface area contributed by atoms with Crippen LogP contribution in [0.3, 0.4) is 0 Å². The molecule has 0 aliphatic rings. The molecule has 3 rings (SSSR count). The van der Waals surface area contributed by atoms with E-state index in [1.54, 1.807) is 0 Å². The maximum Gasteiger partial charge on any atom is 0.150 e. The van der Waals surface area contributed by atoms with E-state index in [1.165, 1.54) is 0 Å². The molecule has 20 heavy (non-hydrogen) atoms. The Bertz CT molecular complexity index is 804. The van der Waals surface area contributed by atoms with Gasteiger partial charge in [-0.15, -0.1) is 0 Å². The van der Waals surface area contributed by atoms with Crippen molar-refractivity contribution in [3.05, 3.63) is 71.9 Å². The molecule has 0 unspecified atom stereocenters. The van der Waals surface area contributed by atoms with Crippen molar-refractivity contribution in [2.24, 2.45) is 0 Å². The fourth-order valence-electron chi connectivity index (χ4n) is 2.24. The molecule has 0 saturated heterocycles. The van der Waals surface area contributed by atoms with E-state index >= 15 is 0 Å². The first-order valence-corrected chi connectivity index (χ1v) is 6.45. The molecule has 2 nitrogen and oxygen atoms in total. The number of aldehydes is 1. The average Bonchev–Trinajstić information content (AvgIpc) is 2.92. The first-order valence-electron chi connectivity index (χ1n) is 6.45. The van der Waals surface area contributed by atoms with Gasteiger partial charge in [0.15, 0.2) is 6.29 Å². The minimum Gasteiger partial charge on any atom is -0.336 e. The van der Waals surface area contributed by atoms with Crippen LogP contribution in [-0.2, 0) is 6.54 Å². The second kappa shape index (κ2) is 5.46. The van der Waals surface area contributed by atoms with E-state index in [2.05, 4.69) is 16.4 Å². The molecule has 0 amide bonds. The topological polar surface area (TPSA) is 22.0 Å². The monoisotopic (exact) mass is 259 g/mol. The van der Waals surface area contributed by atoms with Crippen molar-refractivity contribution < 1.29 is 4.79 Å². The van der Waals surface area contributed by atoms with E-state index in [4.69, 9.17) is 0 Å². The molecular weight excluding hydrogens is 246 g/mol. The van der Waals surface area contributed by atoms with Crippen molar-refractivity contribution in [2.75, 3.05) is 0 Å². The maximum absolute atomic E-state index is 11.0. The number of hydrogen-bond acceptors (Lipinski definition) is 1. The molecule has 96 valence electrons. The number of benzene rings is 2. The molecule has 0 bridgehead atoms. The lowest BCUT2D eigenvalue weighted by molar-refractivity contribution is 0.112. The van der Waals surface area contributed by atoms with Crippen LogP contribution in [0.4, 0.5) is 0 Å². The highest BCUT2D eigenvalue weighted by atomic mass is 16.1. The Kier molecular flexibility index (Phi) is 3.34. The number of aromatic nitrogens is 1. The quantitative estimate of drug-likeness (QED) is 0.510. The van der Waals surface area contributed by atoms with E-state index in [-0.39, 0.29) is 0 Å². The number of nitrogens with zero attached hydrogens (tertiary/aromatic N) is 1. The van der Waals surface area contributed by atoms with Crippen molar-refractivity contribution >= 4 is 17.2 Å². The van der Waals surface area contributed by atoms with Gasteiger partial charge in [-0.3, -0.25) is 4.79 Å². The largest absolute Gasteiger partial charge is 0.336 e. The molecule has 0 spiro atoms. The van der Waals surface area contributed by atoms with E-state index in [0.29, 0.717) is 6.54 Å². The molecule has 0 aliphatic carbocycles. The van der Waals surface area contributed by atoms with E-state index in [1.807, 2.05) is 60.8 Å². The van der Waals surface area contributed by atoms with Gasteiger partial charge < -0.3 is 4.57 Å². The van der Waals surface area contributed by atoms with Gasteiger partial charge in [0.25, 0.3) is 0 Å². The van der Waals surface area contributed by atoms with Crippen molar-refractivity contribution in [3.63, 3.8) is 0 Å². The van der Waals surface area contributed by atoms with Gasteiger partial charge in [0.05, 0.1) is 6.54 Å². The van der Waals surface area contributed by atoms with E-state index in [0.717, 1.165) is 28.3 Å². The van der Waals surface area contributed by atoms with Crippen LogP contribution < -0.4 is 0 Å². The molecule has 0 fully saturated rings. The molecule has 1 aromatic heterocycles. The zero-order valence-corrected chi connectivity index (χ0v) is 10.9. The molecule has 1 heterocycles. The summed E-state index contributed by atoms with van der Waals surface area (Å²) in [6.45, 7) is 0.612. The Morgan fingerprint density at radius 3 is 2.65 bits per heavy atom. The van der Waals surface area contributed by atoms with Crippen LogP contribution in [0.2, 0.25) is 0 Å². The highest BCUT2D eigenvalue weighted by molar-refractivity contribution is 5.97. The first kappa shape index (κ1) is 12.3. The summed E-state index contributed by atoms with van der Waals surface area (Å²) in [5.41, 5.74) is 2.77. The zero-order valence-electron chi connectivity index (χ0n) is 10.9. The van der Waals surface area contributed by atoms with Gasteiger partial charge in [0.2, 0.25) is 0 Å². The predicted molar refractivity (Wildman–Crippen MR) is 80.6 cm³/mol. The number of fused-ring (bicyclic) bond motifs is 1. The summed E-state index contributed by atoms with van der Waals surface area (Å²) in [6, 6.07) is 17.6.